The van der Waals surface area contributed by atoms with Crippen LogP contribution < -0.4 is 10.5 Å². The van der Waals surface area contributed by atoms with Gasteiger partial charge in [-0.3, -0.25) is 4.79 Å². The lowest BCUT2D eigenvalue weighted by molar-refractivity contribution is 0.0952. The van der Waals surface area contributed by atoms with Crippen LogP contribution in [0.25, 0.3) is 0 Å². The van der Waals surface area contributed by atoms with E-state index in [2.05, 4.69) is 5.32 Å². The lowest BCUT2D eigenvalue weighted by Crippen LogP contribution is -2.34. The molecule has 1 amide bonds. The number of hydrogen-bond donors (Lipinski definition) is 2. The number of halogens is 1. The zero-order chi connectivity index (χ0) is 17.1. The van der Waals surface area contributed by atoms with E-state index in [1.807, 2.05) is 0 Å². The van der Waals surface area contributed by atoms with Crippen LogP contribution in [0.15, 0.2) is 23.1 Å². The summed E-state index contributed by atoms with van der Waals surface area (Å²) in [5.74, 6) is -2.25. The number of amides is 1. The number of primary sulfonamides is 1. The van der Waals surface area contributed by atoms with Gasteiger partial charge >= 0.3 is 0 Å². The third kappa shape index (κ3) is 4.73. The molecule has 0 aliphatic rings. The largest absolute Gasteiger partial charge is 0.351 e. The molecule has 1 aromatic rings. The molecule has 0 aliphatic heterocycles. The minimum absolute atomic E-state index is 0.252. The van der Waals surface area contributed by atoms with Crippen molar-refractivity contribution >= 4 is 26.0 Å². The Hall–Kier alpha value is -1.56. The molecular formula is C11H16FN3O5S2. The van der Waals surface area contributed by atoms with Crippen molar-refractivity contribution in [3.63, 3.8) is 0 Å². The maximum absolute atomic E-state index is 13.6. The Morgan fingerprint density at radius 2 is 1.86 bits per heavy atom. The van der Waals surface area contributed by atoms with Crippen LogP contribution in [0.5, 0.6) is 0 Å². The molecule has 0 aliphatic carbocycles. The normalized spacial score (nSPS) is 12.4. The van der Waals surface area contributed by atoms with Crippen molar-refractivity contribution in [1.29, 1.82) is 0 Å². The fraction of sp³-hybridized carbons (Fsp3) is 0.364. The zero-order valence-electron chi connectivity index (χ0n) is 11.9. The Morgan fingerprint density at radius 3 is 2.36 bits per heavy atom. The summed E-state index contributed by atoms with van der Waals surface area (Å²) < 4.78 is 59.9. The van der Waals surface area contributed by atoms with Crippen LogP contribution in [0.3, 0.4) is 0 Å². The molecular weight excluding hydrogens is 337 g/mol. The summed E-state index contributed by atoms with van der Waals surface area (Å²) in [6.07, 6.45) is 0. The molecule has 0 fully saturated rings. The van der Waals surface area contributed by atoms with Gasteiger partial charge in [0.15, 0.2) is 0 Å². The molecule has 0 heterocycles. The van der Waals surface area contributed by atoms with Gasteiger partial charge in [0.1, 0.15) is 5.82 Å². The summed E-state index contributed by atoms with van der Waals surface area (Å²) in [5.41, 5.74) is -0.534. The Kier molecular flexibility index (Phi) is 5.62. The number of carbonyl (C=O) groups excluding carboxylic acids is 1. The molecule has 11 heteroatoms. The smallest absolute Gasteiger partial charge is 0.254 e. The molecule has 3 N–H and O–H groups in total. The third-order valence-electron chi connectivity index (χ3n) is 2.71. The number of sulfonamides is 2. The van der Waals surface area contributed by atoms with Crippen molar-refractivity contribution in [2.24, 2.45) is 5.14 Å². The fourth-order valence-corrected chi connectivity index (χ4v) is 2.69. The quantitative estimate of drug-likeness (QED) is 0.685. The van der Waals surface area contributed by atoms with E-state index in [9.17, 15) is 26.0 Å². The van der Waals surface area contributed by atoms with Gasteiger partial charge in [-0.1, -0.05) is 0 Å². The number of nitrogens with two attached hydrogens (primary N) is 1. The number of rotatable bonds is 6. The maximum atomic E-state index is 13.6. The van der Waals surface area contributed by atoms with Gasteiger partial charge in [0.05, 0.1) is 16.2 Å². The van der Waals surface area contributed by atoms with Gasteiger partial charge in [-0.25, -0.2) is 30.7 Å². The molecule has 0 saturated heterocycles. The van der Waals surface area contributed by atoms with Gasteiger partial charge in [-0.15, -0.1) is 0 Å². The first-order valence-corrected chi connectivity index (χ1v) is 9.11. The number of benzene rings is 1. The molecule has 124 valence electrons. The molecule has 0 bridgehead atoms. The average molecular weight is 353 g/mol. The van der Waals surface area contributed by atoms with Crippen molar-refractivity contribution in [3.8, 4) is 0 Å². The number of nitrogens with zero attached hydrogens (tertiary/aromatic N) is 1. The zero-order valence-corrected chi connectivity index (χ0v) is 13.5. The van der Waals surface area contributed by atoms with Crippen LogP contribution >= 0.6 is 0 Å². The van der Waals surface area contributed by atoms with E-state index in [0.717, 1.165) is 22.5 Å². The van der Waals surface area contributed by atoms with Gasteiger partial charge in [-0.2, -0.15) is 0 Å². The van der Waals surface area contributed by atoms with E-state index in [1.54, 1.807) is 0 Å². The van der Waals surface area contributed by atoms with Gasteiger partial charge < -0.3 is 5.32 Å². The van der Waals surface area contributed by atoms with E-state index in [1.165, 1.54) is 14.1 Å². The van der Waals surface area contributed by atoms with Gasteiger partial charge in [-0.05, 0) is 18.2 Å². The summed E-state index contributed by atoms with van der Waals surface area (Å²) in [6, 6.07) is 2.52. The predicted octanol–water partition coefficient (Wildman–Crippen LogP) is -0.906. The number of carbonyl (C=O) groups is 1. The minimum Gasteiger partial charge on any atom is -0.351 e. The van der Waals surface area contributed by atoms with Crippen LogP contribution in [0.2, 0.25) is 0 Å². The second-order valence-electron chi connectivity index (χ2n) is 4.54. The second-order valence-corrected chi connectivity index (χ2v) is 8.40. The predicted molar refractivity (Wildman–Crippen MR) is 77.6 cm³/mol. The van der Waals surface area contributed by atoms with Crippen LogP contribution in [0.4, 0.5) is 4.39 Å². The summed E-state index contributed by atoms with van der Waals surface area (Å²) in [5, 5.41) is 7.11. The van der Waals surface area contributed by atoms with Crippen LogP contribution in [0.1, 0.15) is 10.4 Å². The molecule has 0 atom stereocenters. The van der Waals surface area contributed by atoms with E-state index in [4.69, 9.17) is 5.14 Å². The Morgan fingerprint density at radius 1 is 1.27 bits per heavy atom. The molecule has 8 nitrogen and oxygen atoms in total. The molecule has 22 heavy (non-hydrogen) atoms. The fourth-order valence-electron chi connectivity index (χ4n) is 1.43. The summed E-state index contributed by atoms with van der Waals surface area (Å²) in [6.45, 7) is -0.252. The standard InChI is InChI=1S/C11H16FN3O5S2/c1-15(2)21(17,18)6-5-14-11(16)9-7-8(22(13,19)20)3-4-10(9)12/h3-4,7H,5-6H2,1-2H3,(H,14,16)(H2,13,19,20). The van der Waals surface area contributed by atoms with Crippen molar-refractivity contribution in [2.45, 2.75) is 4.90 Å². The maximum Gasteiger partial charge on any atom is 0.254 e. The Bertz CT molecular complexity index is 775. The Balaban J connectivity index is 2.87. The molecule has 0 unspecified atom stereocenters. The van der Waals surface area contributed by atoms with Crippen LogP contribution in [-0.4, -0.2) is 53.4 Å². The van der Waals surface area contributed by atoms with Gasteiger partial charge in [0, 0.05) is 20.6 Å². The SMILES string of the molecule is CN(C)S(=O)(=O)CCNC(=O)c1cc(S(N)(=O)=O)ccc1F. The van der Waals surface area contributed by atoms with Crippen molar-refractivity contribution in [3.05, 3.63) is 29.6 Å². The molecule has 0 spiro atoms. The number of hydrogen-bond acceptors (Lipinski definition) is 5. The van der Waals surface area contributed by atoms with Crippen LogP contribution in [0, 0.1) is 5.82 Å². The van der Waals surface area contributed by atoms with E-state index < -0.39 is 42.2 Å². The molecule has 1 aromatic carbocycles. The Labute approximate surface area is 128 Å². The topological polar surface area (TPSA) is 127 Å². The number of nitrogens with one attached hydrogen (secondary N) is 1. The second kappa shape index (κ2) is 6.69. The van der Waals surface area contributed by atoms with E-state index in [-0.39, 0.29) is 12.3 Å². The molecule has 0 aromatic heterocycles. The highest BCUT2D eigenvalue weighted by Crippen LogP contribution is 2.14. The van der Waals surface area contributed by atoms with Crippen molar-refractivity contribution in [2.75, 3.05) is 26.4 Å². The highest BCUT2D eigenvalue weighted by atomic mass is 32.2. The van der Waals surface area contributed by atoms with Crippen molar-refractivity contribution < 1.29 is 26.0 Å². The molecule has 0 saturated carbocycles. The van der Waals surface area contributed by atoms with E-state index >= 15 is 0 Å². The first kappa shape index (κ1) is 18.5. The van der Waals surface area contributed by atoms with Crippen LogP contribution in [-0.2, 0) is 20.0 Å². The average Bonchev–Trinajstić information content (AvgIpc) is 2.37. The monoisotopic (exact) mass is 353 g/mol. The lowest BCUT2D eigenvalue weighted by Gasteiger charge is -2.12. The first-order chi connectivity index (χ1) is 9.95. The third-order valence-corrected chi connectivity index (χ3v) is 5.46. The molecule has 1 rings (SSSR count). The minimum atomic E-state index is -4.08. The summed E-state index contributed by atoms with van der Waals surface area (Å²) in [7, 11) is -4.91. The van der Waals surface area contributed by atoms with Crippen molar-refractivity contribution in [1.82, 2.24) is 9.62 Å². The summed E-state index contributed by atoms with van der Waals surface area (Å²) in [4.78, 5) is 11.4. The highest BCUT2D eigenvalue weighted by molar-refractivity contribution is 7.89. The lowest BCUT2D eigenvalue weighted by atomic mass is 10.2. The van der Waals surface area contributed by atoms with E-state index in [0.29, 0.717) is 0 Å². The van der Waals surface area contributed by atoms with Gasteiger partial charge in [0.2, 0.25) is 20.0 Å². The molecule has 0 radical (unpaired) electrons. The highest BCUT2D eigenvalue weighted by Gasteiger charge is 2.18. The van der Waals surface area contributed by atoms with Gasteiger partial charge in [0.25, 0.3) is 5.91 Å². The summed E-state index contributed by atoms with van der Waals surface area (Å²) >= 11 is 0. The first-order valence-electron chi connectivity index (χ1n) is 5.96.